The number of aliphatic imine (C=N–C) groups is 1. The summed E-state index contributed by atoms with van der Waals surface area (Å²) in [6, 6.07) is 3.85. The zero-order chi connectivity index (χ0) is 12.0. The predicted octanol–water partition coefficient (Wildman–Crippen LogP) is 1.96. The van der Waals surface area contributed by atoms with Gasteiger partial charge in [0, 0.05) is 6.54 Å². The van der Waals surface area contributed by atoms with E-state index in [0.29, 0.717) is 23.8 Å². The molecule has 1 rings (SSSR count). The lowest BCUT2D eigenvalue weighted by Crippen LogP contribution is -1.98. The molecule has 0 heterocycles. The van der Waals surface area contributed by atoms with E-state index in [1.165, 1.54) is 0 Å². The highest BCUT2D eigenvalue weighted by molar-refractivity contribution is 5.53. The Kier molecular flexibility index (Phi) is 4.64. The topological polar surface area (TPSA) is 40.0 Å². The van der Waals surface area contributed by atoms with Gasteiger partial charge in [-0.25, -0.2) is 0 Å². The summed E-state index contributed by atoms with van der Waals surface area (Å²) in [5.74, 6) is 1.95. The van der Waals surface area contributed by atoms with E-state index in [1.54, 1.807) is 21.3 Å². The summed E-state index contributed by atoms with van der Waals surface area (Å²) in [5, 5.41) is 0. The van der Waals surface area contributed by atoms with Crippen molar-refractivity contribution in [3.05, 3.63) is 17.7 Å². The van der Waals surface area contributed by atoms with Crippen LogP contribution in [0, 0.1) is 0 Å². The zero-order valence-corrected chi connectivity index (χ0v) is 9.95. The fourth-order valence-corrected chi connectivity index (χ4v) is 1.49. The van der Waals surface area contributed by atoms with Crippen LogP contribution in [0.25, 0.3) is 0 Å². The first-order chi connectivity index (χ1) is 7.76. The highest BCUT2D eigenvalue weighted by Crippen LogP contribution is 2.38. The van der Waals surface area contributed by atoms with Gasteiger partial charge in [0.25, 0.3) is 0 Å². The maximum absolute atomic E-state index is 5.25. The van der Waals surface area contributed by atoms with Crippen LogP contribution in [0.4, 0.5) is 0 Å². The van der Waals surface area contributed by atoms with Crippen molar-refractivity contribution in [1.29, 1.82) is 0 Å². The SMILES string of the molecule is C=NCCc1cc(OC)c(OC)c(OC)c1. The van der Waals surface area contributed by atoms with Crippen LogP contribution < -0.4 is 14.2 Å². The molecule has 0 radical (unpaired) electrons. The Hall–Kier alpha value is -1.71. The van der Waals surface area contributed by atoms with Gasteiger partial charge >= 0.3 is 0 Å². The Bertz CT molecular complexity index is 338. The summed E-state index contributed by atoms with van der Waals surface area (Å²) in [6.07, 6.45) is 0.806. The Labute approximate surface area is 95.9 Å². The van der Waals surface area contributed by atoms with Gasteiger partial charge in [0.05, 0.1) is 21.3 Å². The van der Waals surface area contributed by atoms with Crippen molar-refractivity contribution in [2.45, 2.75) is 6.42 Å². The van der Waals surface area contributed by atoms with Crippen LogP contribution in [-0.4, -0.2) is 34.6 Å². The summed E-state index contributed by atoms with van der Waals surface area (Å²) in [4.78, 5) is 3.82. The minimum atomic E-state index is 0.611. The van der Waals surface area contributed by atoms with Gasteiger partial charge in [-0.3, -0.25) is 0 Å². The molecule has 0 amide bonds. The normalized spacial score (nSPS) is 9.69. The maximum atomic E-state index is 5.25. The molecule has 0 aliphatic carbocycles. The molecule has 0 bridgehead atoms. The van der Waals surface area contributed by atoms with Gasteiger partial charge in [0.15, 0.2) is 11.5 Å². The van der Waals surface area contributed by atoms with E-state index < -0.39 is 0 Å². The number of methoxy groups -OCH3 is 3. The van der Waals surface area contributed by atoms with Crippen LogP contribution in [0.15, 0.2) is 17.1 Å². The fourth-order valence-electron chi connectivity index (χ4n) is 1.49. The minimum Gasteiger partial charge on any atom is -0.493 e. The van der Waals surface area contributed by atoms with Gasteiger partial charge in [-0.05, 0) is 30.8 Å². The van der Waals surface area contributed by atoms with E-state index in [0.717, 1.165) is 12.0 Å². The molecule has 0 N–H and O–H groups in total. The summed E-state index contributed by atoms with van der Waals surface area (Å²) in [6.45, 7) is 4.14. The van der Waals surface area contributed by atoms with Gasteiger partial charge in [-0.15, -0.1) is 0 Å². The van der Waals surface area contributed by atoms with Crippen molar-refractivity contribution in [3.63, 3.8) is 0 Å². The molecule has 16 heavy (non-hydrogen) atoms. The number of hydrogen-bond acceptors (Lipinski definition) is 4. The first kappa shape index (κ1) is 12.4. The molecule has 0 saturated carbocycles. The van der Waals surface area contributed by atoms with Crippen LogP contribution in [-0.2, 0) is 6.42 Å². The third kappa shape index (κ3) is 2.66. The fraction of sp³-hybridized carbons (Fsp3) is 0.417. The van der Waals surface area contributed by atoms with E-state index in [9.17, 15) is 0 Å². The monoisotopic (exact) mass is 223 g/mol. The summed E-state index contributed by atoms with van der Waals surface area (Å²) in [5.41, 5.74) is 1.09. The van der Waals surface area contributed by atoms with Crippen molar-refractivity contribution < 1.29 is 14.2 Å². The molecule has 0 atom stereocenters. The summed E-state index contributed by atoms with van der Waals surface area (Å²) in [7, 11) is 4.80. The molecule has 4 heteroatoms. The Morgan fingerprint density at radius 3 is 2.00 bits per heavy atom. The molecule has 88 valence electrons. The lowest BCUT2D eigenvalue weighted by Gasteiger charge is -2.13. The first-order valence-electron chi connectivity index (χ1n) is 4.98. The second-order valence-electron chi connectivity index (χ2n) is 3.23. The molecule has 0 fully saturated rings. The average molecular weight is 223 g/mol. The molecule has 1 aromatic carbocycles. The van der Waals surface area contributed by atoms with Crippen molar-refractivity contribution in [3.8, 4) is 17.2 Å². The van der Waals surface area contributed by atoms with Crippen LogP contribution in [0.3, 0.4) is 0 Å². The van der Waals surface area contributed by atoms with Crippen molar-refractivity contribution in [2.24, 2.45) is 4.99 Å². The highest BCUT2D eigenvalue weighted by Gasteiger charge is 2.12. The van der Waals surface area contributed by atoms with E-state index >= 15 is 0 Å². The van der Waals surface area contributed by atoms with Gasteiger partial charge in [-0.1, -0.05) is 0 Å². The molecule has 0 aromatic heterocycles. The maximum Gasteiger partial charge on any atom is 0.203 e. The lowest BCUT2D eigenvalue weighted by atomic mass is 10.1. The Morgan fingerprint density at radius 1 is 1.06 bits per heavy atom. The second-order valence-corrected chi connectivity index (χ2v) is 3.23. The smallest absolute Gasteiger partial charge is 0.203 e. The molecule has 0 unspecified atom stereocenters. The highest BCUT2D eigenvalue weighted by atomic mass is 16.5. The molecule has 0 saturated heterocycles. The van der Waals surface area contributed by atoms with Gasteiger partial charge in [-0.2, -0.15) is 0 Å². The van der Waals surface area contributed by atoms with Gasteiger partial charge < -0.3 is 19.2 Å². The van der Waals surface area contributed by atoms with Gasteiger partial charge in [0.1, 0.15) is 0 Å². The number of ether oxygens (including phenoxy) is 3. The van der Waals surface area contributed by atoms with E-state index in [1.807, 2.05) is 12.1 Å². The van der Waals surface area contributed by atoms with Crippen molar-refractivity contribution in [2.75, 3.05) is 27.9 Å². The molecule has 0 spiro atoms. The third-order valence-corrected chi connectivity index (χ3v) is 2.28. The van der Waals surface area contributed by atoms with Crippen LogP contribution in [0.2, 0.25) is 0 Å². The lowest BCUT2D eigenvalue weighted by molar-refractivity contribution is 0.324. The van der Waals surface area contributed by atoms with Crippen molar-refractivity contribution >= 4 is 6.72 Å². The molecule has 1 aromatic rings. The number of nitrogens with zero attached hydrogens (tertiary/aromatic N) is 1. The minimum absolute atomic E-state index is 0.611. The van der Waals surface area contributed by atoms with Crippen LogP contribution in [0.1, 0.15) is 5.56 Å². The quantitative estimate of drug-likeness (QED) is 0.692. The predicted molar refractivity (Wildman–Crippen MR) is 64.2 cm³/mol. The average Bonchev–Trinajstić information content (AvgIpc) is 2.34. The summed E-state index contributed by atoms with van der Waals surface area (Å²) >= 11 is 0. The number of rotatable bonds is 6. The number of hydrogen-bond donors (Lipinski definition) is 0. The zero-order valence-electron chi connectivity index (χ0n) is 9.95. The molecule has 0 aliphatic heterocycles. The van der Waals surface area contributed by atoms with Gasteiger partial charge in [0.2, 0.25) is 5.75 Å². The molecule has 0 aliphatic rings. The summed E-state index contributed by atoms with van der Waals surface area (Å²) < 4.78 is 15.7. The molecular weight excluding hydrogens is 206 g/mol. The number of benzene rings is 1. The van der Waals surface area contributed by atoms with E-state index in [-0.39, 0.29) is 0 Å². The third-order valence-electron chi connectivity index (χ3n) is 2.28. The standard InChI is InChI=1S/C12H17NO3/c1-13-6-5-9-7-10(14-2)12(16-4)11(8-9)15-3/h7-8H,1,5-6H2,2-4H3. The molecule has 4 nitrogen and oxygen atoms in total. The largest absolute Gasteiger partial charge is 0.493 e. The van der Waals surface area contributed by atoms with E-state index in [2.05, 4.69) is 11.7 Å². The van der Waals surface area contributed by atoms with Crippen molar-refractivity contribution in [1.82, 2.24) is 0 Å². The Morgan fingerprint density at radius 2 is 1.62 bits per heavy atom. The van der Waals surface area contributed by atoms with E-state index in [4.69, 9.17) is 14.2 Å². The van der Waals surface area contributed by atoms with Crippen LogP contribution in [0.5, 0.6) is 17.2 Å². The second kappa shape index (κ2) is 6.00. The Balaban J connectivity index is 3.09. The molecular formula is C12H17NO3. The first-order valence-corrected chi connectivity index (χ1v) is 4.98. The van der Waals surface area contributed by atoms with Crippen LogP contribution >= 0.6 is 0 Å².